The molecule has 3 aromatic rings. The van der Waals surface area contributed by atoms with E-state index in [0.717, 1.165) is 54.8 Å². The lowest BCUT2D eigenvalue weighted by molar-refractivity contribution is 0.0932. The van der Waals surface area contributed by atoms with E-state index in [9.17, 15) is 4.79 Å². The fourth-order valence-corrected chi connectivity index (χ4v) is 4.71. The van der Waals surface area contributed by atoms with E-state index in [2.05, 4.69) is 34.3 Å². The Balaban J connectivity index is 1.42. The molecule has 2 aromatic carbocycles. The van der Waals surface area contributed by atoms with Crippen molar-refractivity contribution in [2.75, 3.05) is 7.11 Å². The molecule has 2 aliphatic rings. The molecule has 0 spiro atoms. The van der Waals surface area contributed by atoms with Crippen molar-refractivity contribution in [1.82, 2.24) is 14.9 Å². The third-order valence-corrected chi connectivity index (χ3v) is 6.39. The third-order valence-electron chi connectivity index (χ3n) is 6.39. The molecule has 1 aliphatic heterocycles. The van der Waals surface area contributed by atoms with Crippen LogP contribution in [0.1, 0.15) is 58.2 Å². The molecular formula is C25H27N3O2. The van der Waals surface area contributed by atoms with Crippen LogP contribution < -0.4 is 10.1 Å². The Morgan fingerprint density at radius 3 is 2.90 bits per heavy atom. The van der Waals surface area contributed by atoms with Gasteiger partial charge in [0.1, 0.15) is 11.6 Å². The summed E-state index contributed by atoms with van der Waals surface area (Å²) in [5, 5.41) is 3.26. The molecule has 1 amide bonds. The van der Waals surface area contributed by atoms with Crippen LogP contribution in [-0.4, -0.2) is 22.6 Å². The first-order chi connectivity index (χ1) is 14.6. The molecule has 0 radical (unpaired) electrons. The number of hydrogen-bond donors (Lipinski definition) is 1. The molecule has 0 unspecified atom stereocenters. The second kappa shape index (κ2) is 7.63. The van der Waals surface area contributed by atoms with Gasteiger partial charge in [0.15, 0.2) is 0 Å². The Morgan fingerprint density at radius 2 is 2.07 bits per heavy atom. The molecule has 5 heteroatoms. The summed E-state index contributed by atoms with van der Waals surface area (Å²) in [7, 11) is 1.63. The van der Waals surface area contributed by atoms with Gasteiger partial charge in [0.25, 0.3) is 5.91 Å². The van der Waals surface area contributed by atoms with Crippen molar-refractivity contribution < 1.29 is 9.53 Å². The van der Waals surface area contributed by atoms with Gasteiger partial charge in [0, 0.05) is 30.3 Å². The molecule has 1 aromatic heterocycles. The van der Waals surface area contributed by atoms with E-state index in [1.54, 1.807) is 7.11 Å². The second-order valence-electron chi connectivity index (χ2n) is 8.36. The number of nitrogens with zero attached hydrogens (tertiary/aromatic N) is 2. The van der Waals surface area contributed by atoms with Crippen molar-refractivity contribution in [3.63, 3.8) is 0 Å². The van der Waals surface area contributed by atoms with Crippen LogP contribution in [0, 0.1) is 6.92 Å². The molecule has 2 heterocycles. The van der Waals surface area contributed by atoms with Gasteiger partial charge in [-0.1, -0.05) is 18.2 Å². The Labute approximate surface area is 177 Å². The van der Waals surface area contributed by atoms with Gasteiger partial charge in [0.2, 0.25) is 0 Å². The number of aromatic nitrogens is 2. The number of benzene rings is 2. The lowest BCUT2D eigenvalue weighted by atomic mass is 9.86. The van der Waals surface area contributed by atoms with E-state index in [1.165, 1.54) is 23.4 Å². The van der Waals surface area contributed by atoms with Crippen molar-refractivity contribution in [3.05, 3.63) is 70.7 Å². The Hall–Kier alpha value is -3.08. The van der Waals surface area contributed by atoms with E-state index in [1.807, 2.05) is 25.1 Å². The Morgan fingerprint density at radius 1 is 1.17 bits per heavy atom. The van der Waals surface area contributed by atoms with Crippen LogP contribution in [0.25, 0.3) is 11.3 Å². The van der Waals surface area contributed by atoms with Gasteiger partial charge in [0.05, 0.1) is 18.8 Å². The fourth-order valence-electron chi connectivity index (χ4n) is 4.71. The minimum atomic E-state index is -0.0579. The number of aryl methyl sites for hydroxylation is 4. The largest absolute Gasteiger partial charge is 0.496 e. The molecule has 0 saturated carbocycles. The van der Waals surface area contributed by atoms with Crippen LogP contribution in [0.2, 0.25) is 0 Å². The van der Waals surface area contributed by atoms with Crippen molar-refractivity contribution in [3.8, 4) is 17.0 Å². The minimum absolute atomic E-state index is 0.0166. The average Bonchev–Trinajstić information content (AvgIpc) is 3.36. The Kier molecular flexibility index (Phi) is 4.81. The minimum Gasteiger partial charge on any atom is -0.496 e. The van der Waals surface area contributed by atoms with Gasteiger partial charge in [-0.25, -0.2) is 4.98 Å². The second-order valence-corrected chi connectivity index (χ2v) is 8.36. The lowest BCUT2D eigenvalue weighted by Gasteiger charge is -2.27. The molecule has 0 saturated heterocycles. The molecule has 0 fully saturated rings. The van der Waals surface area contributed by atoms with Gasteiger partial charge in [-0.3, -0.25) is 4.79 Å². The maximum absolute atomic E-state index is 13.0. The molecule has 30 heavy (non-hydrogen) atoms. The van der Waals surface area contributed by atoms with Crippen LogP contribution in [0.15, 0.2) is 42.6 Å². The summed E-state index contributed by atoms with van der Waals surface area (Å²) >= 11 is 0. The predicted molar refractivity (Wildman–Crippen MR) is 117 cm³/mol. The normalized spacial score (nSPS) is 17.3. The SMILES string of the molecule is COc1cc(C(=O)N[C@@H]2CCCc3ccc(-c4cn5c(n4)CCC5)cc32)ccc1C. The van der Waals surface area contributed by atoms with Crippen LogP contribution in [-0.2, 0) is 19.4 Å². The maximum atomic E-state index is 13.0. The molecule has 0 bridgehead atoms. The van der Waals surface area contributed by atoms with Crippen LogP contribution in [0.5, 0.6) is 5.75 Å². The average molecular weight is 402 g/mol. The first-order valence-corrected chi connectivity index (χ1v) is 10.8. The number of nitrogens with one attached hydrogen (secondary N) is 1. The quantitative estimate of drug-likeness (QED) is 0.694. The molecule has 1 aliphatic carbocycles. The van der Waals surface area contributed by atoms with Crippen molar-refractivity contribution in [1.29, 1.82) is 0 Å². The topological polar surface area (TPSA) is 56.1 Å². The summed E-state index contributed by atoms with van der Waals surface area (Å²) in [6.45, 7) is 3.04. The summed E-state index contributed by atoms with van der Waals surface area (Å²) < 4.78 is 7.65. The number of amides is 1. The van der Waals surface area contributed by atoms with Gasteiger partial charge in [-0.15, -0.1) is 0 Å². The third kappa shape index (κ3) is 3.38. The first kappa shape index (κ1) is 18.9. The van der Waals surface area contributed by atoms with Crippen molar-refractivity contribution >= 4 is 5.91 Å². The van der Waals surface area contributed by atoms with Gasteiger partial charge in [-0.05, 0) is 67.5 Å². The zero-order chi connectivity index (χ0) is 20.7. The smallest absolute Gasteiger partial charge is 0.251 e. The fraction of sp³-hybridized carbons (Fsp3) is 0.360. The highest BCUT2D eigenvalue weighted by Crippen LogP contribution is 2.34. The van der Waals surface area contributed by atoms with E-state index in [-0.39, 0.29) is 11.9 Å². The highest BCUT2D eigenvalue weighted by atomic mass is 16.5. The van der Waals surface area contributed by atoms with Gasteiger partial charge < -0.3 is 14.6 Å². The number of rotatable bonds is 4. The Bertz CT molecular complexity index is 1090. The summed E-state index contributed by atoms with van der Waals surface area (Å²) in [6, 6.07) is 12.2. The first-order valence-electron chi connectivity index (χ1n) is 10.8. The highest BCUT2D eigenvalue weighted by molar-refractivity contribution is 5.95. The molecule has 5 rings (SSSR count). The monoisotopic (exact) mass is 401 g/mol. The number of carbonyl (C=O) groups is 1. The lowest BCUT2D eigenvalue weighted by Crippen LogP contribution is -2.31. The number of hydrogen-bond acceptors (Lipinski definition) is 3. The predicted octanol–water partition coefficient (Wildman–Crippen LogP) is 4.62. The van der Waals surface area contributed by atoms with Crippen molar-refractivity contribution in [2.45, 2.75) is 51.6 Å². The summed E-state index contributed by atoms with van der Waals surface area (Å²) in [5.74, 6) is 1.86. The molecule has 1 N–H and O–H groups in total. The van der Waals surface area contributed by atoms with Crippen LogP contribution in [0.3, 0.4) is 0 Å². The van der Waals surface area contributed by atoms with Crippen LogP contribution in [0.4, 0.5) is 0 Å². The standard InChI is InChI=1S/C25H27N3O2/c1-16-8-9-19(14-23(16)30-2)25(29)27-21-6-3-5-17-10-11-18(13-20(17)21)22-15-28-12-4-7-24(28)26-22/h8-11,13-15,21H,3-7,12H2,1-2H3,(H,27,29)/t21-/m1/s1. The highest BCUT2D eigenvalue weighted by Gasteiger charge is 2.24. The van der Waals surface area contributed by atoms with Crippen molar-refractivity contribution in [2.24, 2.45) is 0 Å². The molecule has 154 valence electrons. The summed E-state index contributed by atoms with van der Waals surface area (Å²) in [5.41, 5.74) is 6.36. The van der Waals surface area contributed by atoms with E-state index in [0.29, 0.717) is 5.56 Å². The molecule has 5 nitrogen and oxygen atoms in total. The number of fused-ring (bicyclic) bond motifs is 2. The maximum Gasteiger partial charge on any atom is 0.251 e. The van der Waals surface area contributed by atoms with E-state index in [4.69, 9.17) is 9.72 Å². The number of carbonyl (C=O) groups excluding carboxylic acids is 1. The van der Waals surface area contributed by atoms with Gasteiger partial charge in [-0.2, -0.15) is 0 Å². The summed E-state index contributed by atoms with van der Waals surface area (Å²) in [4.78, 5) is 17.8. The molecular weight excluding hydrogens is 374 g/mol. The molecule has 1 atom stereocenters. The van der Waals surface area contributed by atoms with Crippen LogP contribution >= 0.6 is 0 Å². The number of methoxy groups -OCH3 is 1. The number of ether oxygens (including phenoxy) is 1. The zero-order valence-electron chi connectivity index (χ0n) is 17.6. The number of imidazole rings is 1. The van der Waals surface area contributed by atoms with Gasteiger partial charge >= 0.3 is 0 Å². The zero-order valence-corrected chi connectivity index (χ0v) is 17.6. The summed E-state index contributed by atoms with van der Waals surface area (Å²) in [6.07, 6.45) is 7.49. The van der Waals surface area contributed by atoms with E-state index >= 15 is 0 Å². The van der Waals surface area contributed by atoms with E-state index < -0.39 is 0 Å².